The number of thiophene rings is 1. The molecule has 18 heavy (non-hydrogen) atoms. The maximum atomic E-state index is 11.4. The standard InChI is InChI=1S/C9H9N5OS3/c10-8-13-14-9(18-8)17-5-7(15)12-11-4-6-2-1-3-16-6/h1-4H,5H2,(H2,10,13)(H,12,15). The van der Waals surface area contributed by atoms with Crippen molar-refractivity contribution in [3.05, 3.63) is 22.4 Å². The minimum absolute atomic E-state index is 0.193. The molecule has 6 nitrogen and oxygen atoms in total. The smallest absolute Gasteiger partial charge is 0.250 e. The second kappa shape index (κ2) is 6.47. The Labute approximate surface area is 115 Å². The van der Waals surface area contributed by atoms with Crippen molar-refractivity contribution in [1.82, 2.24) is 15.6 Å². The van der Waals surface area contributed by atoms with Crippen LogP contribution in [0, 0.1) is 0 Å². The molecule has 3 N–H and O–H groups in total. The molecule has 0 saturated heterocycles. The third-order valence-electron chi connectivity index (χ3n) is 1.67. The summed E-state index contributed by atoms with van der Waals surface area (Å²) in [5, 5.41) is 13.6. The average molecular weight is 299 g/mol. The number of nitrogens with two attached hydrogens (primary N) is 1. The number of hydrazone groups is 1. The number of hydrogen-bond donors (Lipinski definition) is 2. The van der Waals surface area contributed by atoms with Gasteiger partial charge in [-0.05, 0) is 11.4 Å². The first-order chi connectivity index (χ1) is 8.74. The van der Waals surface area contributed by atoms with Crippen molar-refractivity contribution in [2.75, 3.05) is 11.5 Å². The van der Waals surface area contributed by atoms with Crippen molar-refractivity contribution >= 4 is 51.7 Å². The number of rotatable bonds is 5. The normalized spacial score (nSPS) is 10.9. The van der Waals surface area contributed by atoms with Gasteiger partial charge in [-0.15, -0.1) is 21.5 Å². The molecule has 94 valence electrons. The quantitative estimate of drug-likeness (QED) is 0.495. The number of hydrogen-bond acceptors (Lipinski definition) is 8. The average Bonchev–Trinajstić information content (AvgIpc) is 2.98. The summed E-state index contributed by atoms with van der Waals surface area (Å²) in [5.41, 5.74) is 7.87. The molecule has 0 aliphatic rings. The Morgan fingerprint density at radius 3 is 3.17 bits per heavy atom. The first kappa shape index (κ1) is 13.0. The summed E-state index contributed by atoms with van der Waals surface area (Å²) in [6.07, 6.45) is 1.61. The Morgan fingerprint density at radius 2 is 2.50 bits per heavy atom. The lowest BCUT2D eigenvalue weighted by molar-refractivity contribution is -0.118. The van der Waals surface area contributed by atoms with Crippen molar-refractivity contribution in [3.8, 4) is 0 Å². The zero-order valence-corrected chi connectivity index (χ0v) is 11.5. The second-order valence-corrected chi connectivity index (χ2v) is 6.21. The Hall–Kier alpha value is -1.45. The highest BCUT2D eigenvalue weighted by molar-refractivity contribution is 8.01. The molecular formula is C9H9N5OS3. The van der Waals surface area contributed by atoms with E-state index in [1.54, 1.807) is 17.6 Å². The Bertz CT molecular complexity index is 536. The Balaban J connectivity index is 1.72. The van der Waals surface area contributed by atoms with E-state index in [0.717, 1.165) is 4.88 Å². The summed E-state index contributed by atoms with van der Waals surface area (Å²) in [4.78, 5) is 12.4. The first-order valence-corrected chi connectivity index (χ1v) is 7.49. The van der Waals surface area contributed by atoms with E-state index in [4.69, 9.17) is 5.73 Å². The van der Waals surface area contributed by atoms with Crippen LogP contribution in [0.1, 0.15) is 4.88 Å². The van der Waals surface area contributed by atoms with Crippen LogP contribution < -0.4 is 11.2 Å². The Morgan fingerprint density at radius 1 is 1.61 bits per heavy atom. The van der Waals surface area contributed by atoms with Crippen molar-refractivity contribution in [3.63, 3.8) is 0 Å². The highest BCUT2D eigenvalue weighted by Gasteiger charge is 2.05. The zero-order valence-electron chi connectivity index (χ0n) is 9.07. The lowest BCUT2D eigenvalue weighted by atomic mass is 10.5. The van der Waals surface area contributed by atoms with Gasteiger partial charge >= 0.3 is 0 Å². The maximum absolute atomic E-state index is 11.4. The van der Waals surface area contributed by atoms with Gasteiger partial charge < -0.3 is 5.73 Å². The molecule has 0 atom stereocenters. The number of carbonyl (C=O) groups excluding carboxylic acids is 1. The van der Waals surface area contributed by atoms with Crippen LogP contribution in [0.5, 0.6) is 0 Å². The SMILES string of the molecule is Nc1nnc(SCC(=O)NN=Cc2cccs2)s1. The number of amides is 1. The van der Waals surface area contributed by atoms with Crippen LogP contribution in [0.4, 0.5) is 5.13 Å². The Kier molecular flexibility index (Phi) is 4.67. The second-order valence-electron chi connectivity index (χ2n) is 3.00. The highest BCUT2D eigenvalue weighted by Crippen LogP contribution is 2.22. The van der Waals surface area contributed by atoms with Gasteiger partial charge in [0.05, 0.1) is 12.0 Å². The van der Waals surface area contributed by atoms with Gasteiger partial charge in [0.15, 0.2) is 4.34 Å². The van der Waals surface area contributed by atoms with Gasteiger partial charge in [-0.3, -0.25) is 4.79 Å². The molecule has 2 aromatic heterocycles. The van der Waals surface area contributed by atoms with Gasteiger partial charge in [-0.2, -0.15) is 5.10 Å². The molecule has 1 amide bonds. The molecule has 0 unspecified atom stereocenters. The fraction of sp³-hybridized carbons (Fsp3) is 0.111. The number of thioether (sulfide) groups is 1. The van der Waals surface area contributed by atoms with Gasteiger partial charge in [0.25, 0.3) is 5.91 Å². The molecular weight excluding hydrogens is 290 g/mol. The topological polar surface area (TPSA) is 93.3 Å². The summed E-state index contributed by atoms with van der Waals surface area (Å²) >= 11 is 4.08. The summed E-state index contributed by atoms with van der Waals surface area (Å²) in [5.74, 6) is 0.0396. The lowest BCUT2D eigenvalue weighted by Gasteiger charge is -1.96. The van der Waals surface area contributed by atoms with E-state index in [1.807, 2.05) is 17.5 Å². The van der Waals surface area contributed by atoms with Gasteiger partial charge in [0, 0.05) is 4.88 Å². The van der Waals surface area contributed by atoms with Crippen LogP contribution in [0.15, 0.2) is 27.0 Å². The van der Waals surface area contributed by atoms with Crippen LogP contribution in [0.2, 0.25) is 0 Å². The molecule has 0 fully saturated rings. The molecule has 0 radical (unpaired) electrons. The van der Waals surface area contributed by atoms with E-state index in [9.17, 15) is 4.79 Å². The summed E-state index contributed by atoms with van der Waals surface area (Å²) < 4.78 is 0.671. The molecule has 2 aromatic rings. The predicted molar refractivity (Wildman–Crippen MR) is 75.1 cm³/mol. The molecule has 0 aliphatic heterocycles. The fourth-order valence-electron chi connectivity index (χ4n) is 0.971. The van der Waals surface area contributed by atoms with Crippen molar-refractivity contribution in [2.24, 2.45) is 5.10 Å². The van der Waals surface area contributed by atoms with Crippen LogP contribution in [-0.4, -0.2) is 28.1 Å². The number of carbonyl (C=O) groups is 1. The number of nitrogen functional groups attached to an aromatic ring is 1. The van der Waals surface area contributed by atoms with Crippen LogP contribution in [0.3, 0.4) is 0 Å². The fourth-order valence-corrected chi connectivity index (χ4v) is 2.98. The van der Waals surface area contributed by atoms with E-state index in [0.29, 0.717) is 9.47 Å². The molecule has 2 rings (SSSR count). The van der Waals surface area contributed by atoms with E-state index in [1.165, 1.54) is 23.1 Å². The van der Waals surface area contributed by atoms with Crippen molar-refractivity contribution in [1.29, 1.82) is 0 Å². The predicted octanol–water partition coefficient (Wildman–Crippen LogP) is 1.42. The third-order valence-corrected chi connectivity index (χ3v) is 4.37. The molecule has 2 heterocycles. The van der Waals surface area contributed by atoms with E-state index >= 15 is 0 Å². The lowest BCUT2D eigenvalue weighted by Crippen LogP contribution is -2.19. The molecule has 9 heteroatoms. The number of nitrogens with zero attached hydrogens (tertiary/aromatic N) is 3. The first-order valence-electron chi connectivity index (χ1n) is 4.81. The summed E-state index contributed by atoms with van der Waals surface area (Å²) in [6, 6.07) is 3.84. The van der Waals surface area contributed by atoms with Crippen LogP contribution in [-0.2, 0) is 4.79 Å². The summed E-state index contributed by atoms with van der Waals surface area (Å²) in [7, 11) is 0. The van der Waals surface area contributed by atoms with Gasteiger partial charge in [0.1, 0.15) is 0 Å². The molecule has 0 aromatic carbocycles. The molecule has 0 aliphatic carbocycles. The third kappa shape index (κ3) is 4.09. The van der Waals surface area contributed by atoms with Gasteiger partial charge in [-0.25, -0.2) is 5.43 Å². The maximum Gasteiger partial charge on any atom is 0.250 e. The van der Waals surface area contributed by atoms with E-state index < -0.39 is 0 Å². The number of anilines is 1. The van der Waals surface area contributed by atoms with Crippen molar-refractivity contribution in [2.45, 2.75) is 4.34 Å². The van der Waals surface area contributed by atoms with Gasteiger partial charge in [0.2, 0.25) is 5.13 Å². The van der Waals surface area contributed by atoms with E-state index in [2.05, 4.69) is 20.7 Å². The monoisotopic (exact) mass is 299 g/mol. The van der Waals surface area contributed by atoms with Crippen LogP contribution >= 0.6 is 34.4 Å². The molecule has 0 spiro atoms. The van der Waals surface area contributed by atoms with Crippen LogP contribution in [0.25, 0.3) is 0 Å². The zero-order chi connectivity index (χ0) is 12.8. The minimum Gasteiger partial charge on any atom is -0.374 e. The van der Waals surface area contributed by atoms with Crippen molar-refractivity contribution < 1.29 is 4.79 Å². The minimum atomic E-state index is -0.193. The molecule has 0 saturated carbocycles. The molecule has 0 bridgehead atoms. The highest BCUT2D eigenvalue weighted by atomic mass is 32.2. The summed E-state index contributed by atoms with van der Waals surface area (Å²) in [6.45, 7) is 0. The number of aromatic nitrogens is 2. The largest absolute Gasteiger partial charge is 0.374 e. The number of nitrogens with one attached hydrogen (secondary N) is 1. The van der Waals surface area contributed by atoms with Gasteiger partial charge in [-0.1, -0.05) is 29.2 Å². The van der Waals surface area contributed by atoms with E-state index in [-0.39, 0.29) is 11.7 Å².